The van der Waals surface area contributed by atoms with Crippen LogP contribution >= 0.6 is 11.3 Å². The van der Waals surface area contributed by atoms with Crippen LogP contribution in [0.5, 0.6) is 0 Å². The zero-order valence-corrected chi connectivity index (χ0v) is 32.4. The van der Waals surface area contributed by atoms with Crippen LogP contribution in [-0.4, -0.2) is 63.0 Å². The quantitative estimate of drug-likeness (QED) is 0.162. The number of hydrogen-bond acceptors (Lipinski definition) is 8. The number of fused-ring (bicyclic) bond motifs is 4. The van der Waals surface area contributed by atoms with Gasteiger partial charge >= 0.3 is 0 Å². The number of pyridine rings is 1. The van der Waals surface area contributed by atoms with Gasteiger partial charge in [0.15, 0.2) is 0 Å². The lowest BCUT2D eigenvalue weighted by atomic mass is 9.73. The largest absolute Gasteiger partial charge is 0.381 e. The number of nitrogens with zero attached hydrogens (tertiary/aromatic N) is 3. The second-order valence-electron chi connectivity index (χ2n) is 14.9. The lowest BCUT2D eigenvalue weighted by Crippen LogP contribution is -2.59. The van der Waals surface area contributed by atoms with Gasteiger partial charge in [-0.15, -0.1) is 11.3 Å². The number of aldehydes is 1. The number of halogens is 2. The fourth-order valence-electron chi connectivity index (χ4n) is 7.73. The number of aromatic nitrogens is 1. The molecule has 9 rings (SSSR count). The molecule has 0 radical (unpaired) electrons. The van der Waals surface area contributed by atoms with E-state index in [1.54, 1.807) is 49.4 Å². The average Bonchev–Trinajstić information content (AvgIpc) is 3.60. The molecule has 0 unspecified atom stereocenters. The van der Waals surface area contributed by atoms with Crippen molar-refractivity contribution in [1.82, 2.24) is 4.98 Å². The van der Waals surface area contributed by atoms with Crippen molar-refractivity contribution in [3.8, 4) is 10.4 Å². The van der Waals surface area contributed by atoms with E-state index in [4.69, 9.17) is 9.72 Å². The van der Waals surface area contributed by atoms with Crippen LogP contribution in [0.3, 0.4) is 0 Å². The standard InChI is InChI=1S/C24H23N3O3.C21H18F2N2OS/c28-14-17-5-7-19(8-6-17)25-23(29)20-13-18-3-1-2-4-21(18)26-22(20)27-15-24(16-27)9-11-30-12-10-24;1-12-4-3-5-16(23)19(12)24-21(26)18-10-13-8-9-25(2)17-11-14(22)6-7-15(17)20(13)27-18/h1-8,13-14H,9-12,15-16H2,(H,25,29);3-7,10-11H,8-9H2,1-2H3,(H,24,26). The predicted molar refractivity (Wildman–Crippen MR) is 222 cm³/mol. The molecule has 3 aliphatic heterocycles. The number of rotatable bonds is 6. The van der Waals surface area contributed by atoms with Crippen molar-refractivity contribution in [2.24, 2.45) is 5.41 Å². The highest BCUT2D eigenvalue weighted by atomic mass is 32.1. The molecule has 0 aliphatic carbocycles. The van der Waals surface area contributed by atoms with Crippen molar-refractivity contribution in [2.75, 3.05) is 60.3 Å². The molecule has 1 spiro atoms. The first-order valence-corrected chi connectivity index (χ1v) is 19.7. The zero-order chi connectivity index (χ0) is 39.7. The minimum atomic E-state index is -0.455. The van der Waals surface area contributed by atoms with E-state index < -0.39 is 5.82 Å². The Hall–Kier alpha value is -5.98. The van der Waals surface area contributed by atoms with E-state index in [9.17, 15) is 23.2 Å². The molecule has 2 saturated heterocycles. The summed E-state index contributed by atoms with van der Waals surface area (Å²) in [4.78, 5) is 47.3. The number of ether oxygens (including phenoxy) is 1. The maximum absolute atomic E-state index is 14.0. The molecule has 2 fully saturated rings. The number of amides is 2. The van der Waals surface area contributed by atoms with Crippen LogP contribution in [0.1, 0.15) is 54.4 Å². The molecule has 0 saturated carbocycles. The van der Waals surface area contributed by atoms with Gasteiger partial charge in [0.2, 0.25) is 0 Å². The van der Waals surface area contributed by atoms with Crippen molar-refractivity contribution < 1.29 is 27.9 Å². The molecular formula is C45H41F2N5O4S. The van der Waals surface area contributed by atoms with Crippen molar-refractivity contribution in [3.05, 3.63) is 136 Å². The highest BCUT2D eigenvalue weighted by Crippen LogP contribution is 2.44. The number of carbonyl (C=O) groups is 3. The molecule has 2 amide bonds. The summed E-state index contributed by atoms with van der Waals surface area (Å²) in [5.41, 5.74) is 6.60. The lowest BCUT2D eigenvalue weighted by molar-refractivity contribution is -0.000492. The summed E-state index contributed by atoms with van der Waals surface area (Å²) in [7, 11) is 1.93. The van der Waals surface area contributed by atoms with E-state index in [0.29, 0.717) is 27.3 Å². The number of anilines is 4. The molecule has 6 aromatic rings. The molecule has 5 heterocycles. The number of likely N-dealkylation sites (N-methyl/N-ethyl adjacent to an activating group) is 1. The van der Waals surface area contributed by atoms with Gasteiger partial charge in [0.1, 0.15) is 23.7 Å². The van der Waals surface area contributed by atoms with E-state index in [-0.39, 0.29) is 28.7 Å². The number of thiophene rings is 1. The lowest BCUT2D eigenvalue weighted by Gasteiger charge is -2.53. The third-order valence-electron chi connectivity index (χ3n) is 11.0. The topological polar surface area (TPSA) is 104 Å². The van der Waals surface area contributed by atoms with Crippen LogP contribution in [0, 0.1) is 24.0 Å². The molecule has 9 nitrogen and oxygen atoms in total. The van der Waals surface area contributed by atoms with Crippen molar-refractivity contribution in [3.63, 3.8) is 0 Å². The van der Waals surface area contributed by atoms with Gasteiger partial charge in [-0.1, -0.05) is 30.3 Å². The summed E-state index contributed by atoms with van der Waals surface area (Å²) in [6.45, 7) is 5.90. The van der Waals surface area contributed by atoms with Crippen LogP contribution in [-0.2, 0) is 11.2 Å². The van der Waals surface area contributed by atoms with E-state index >= 15 is 0 Å². The fraction of sp³-hybridized carbons (Fsp3) is 0.244. The minimum absolute atomic E-state index is 0.199. The van der Waals surface area contributed by atoms with Crippen LogP contribution < -0.4 is 20.4 Å². The zero-order valence-electron chi connectivity index (χ0n) is 31.6. The van der Waals surface area contributed by atoms with Crippen LogP contribution in [0.25, 0.3) is 21.3 Å². The Labute approximate surface area is 333 Å². The van der Waals surface area contributed by atoms with E-state index in [1.807, 2.05) is 48.3 Å². The molecule has 290 valence electrons. The van der Waals surface area contributed by atoms with Crippen molar-refractivity contribution in [1.29, 1.82) is 0 Å². The third-order valence-corrected chi connectivity index (χ3v) is 12.2. The maximum atomic E-state index is 14.0. The fourth-order valence-corrected chi connectivity index (χ4v) is 8.87. The molecule has 2 aromatic heterocycles. The number of aryl methyl sites for hydroxylation is 1. The number of hydrogen-bond donors (Lipinski definition) is 2. The Bertz CT molecular complexity index is 2470. The number of benzene rings is 4. The van der Waals surface area contributed by atoms with Crippen LogP contribution in [0.2, 0.25) is 0 Å². The summed E-state index contributed by atoms with van der Waals surface area (Å²) in [5, 5.41) is 6.57. The molecule has 4 aromatic carbocycles. The summed E-state index contributed by atoms with van der Waals surface area (Å²) in [5.74, 6) is -0.543. The monoisotopic (exact) mass is 785 g/mol. The Kier molecular flexibility index (Phi) is 10.6. The second kappa shape index (κ2) is 15.9. The first kappa shape index (κ1) is 37.9. The first-order chi connectivity index (χ1) is 27.6. The summed E-state index contributed by atoms with van der Waals surface area (Å²) < 4.78 is 33.3. The molecule has 2 N–H and O–H groups in total. The average molecular weight is 786 g/mol. The minimum Gasteiger partial charge on any atom is -0.381 e. The number of carbonyl (C=O) groups excluding carboxylic acids is 3. The molecule has 0 atom stereocenters. The van der Waals surface area contributed by atoms with E-state index in [0.717, 1.165) is 96.8 Å². The predicted octanol–water partition coefficient (Wildman–Crippen LogP) is 9.16. The maximum Gasteiger partial charge on any atom is 0.265 e. The first-order valence-electron chi connectivity index (χ1n) is 18.9. The third kappa shape index (κ3) is 7.88. The van der Waals surface area contributed by atoms with Crippen LogP contribution in [0.15, 0.2) is 97.1 Å². The Morgan fingerprint density at radius 3 is 2.42 bits per heavy atom. The smallest absolute Gasteiger partial charge is 0.265 e. The summed E-state index contributed by atoms with van der Waals surface area (Å²) in [6.07, 6.45) is 3.65. The van der Waals surface area contributed by atoms with Gasteiger partial charge in [-0.2, -0.15) is 0 Å². The number of para-hydroxylation sites is 2. The van der Waals surface area contributed by atoms with Crippen LogP contribution in [0.4, 0.5) is 31.7 Å². The van der Waals surface area contributed by atoms with E-state index in [1.165, 1.54) is 29.5 Å². The molecule has 0 bridgehead atoms. The Morgan fingerprint density at radius 2 is 1.67 bits per heavy atom. The Balaban J connectivity index is 0.000000161. The van der Waals surface area contributed by atoms with Gasteiger partial charge in [-0.05, 0) is 104 Å². The summed E-state index contributed by atoms with van der Waals surface area (Å²) in [6, 6.07) is 27.9. The SMILES string of the molecule is Cc1cccc(F)c1NC(=O)c1cc2c(s1)-c1ccc(F)cc1N(C)CC2.O=Cc1ccc(NC(=O)c2cc3ccccc3nc2N2CC3(CCOCC3)C2)cc1. The van der Waals surface area contributed by atoms with Gasteiger partial charge in [0.25, 0.3) is 11.8 Å². The van der Waals surface area contributed by atoms with Gasteiger partial charge in [0, 0.05) is 78.1 Å². The molecular weight excluding hydrogens is 745 g/mol. The van der Waals surface area contributed by atoms with Crippen molar-refractivity contribution >= 4 is 63.2 Å². The normalized spacial score (nSPS) is 15.4. The van der Waals surface area contributed by atoms with Gasteiger partial charge in [0.05, 0.1) is 21.6 Å². The van der Waals surface area contributed by atoms with Gasteiger partial charge in [-0.25, -0.2) is 13.8 Å². The van der Waals surface area contributed by atoms with E-state index in [2.05, 4.69) is 15.5 Å². The molecule has 57 heavy (non-hydrogen) atoms. The Morgan fingerprint density at radius 1 is 0.895 bits per heavy atom. The second-order valence-corrected chi connectivity index (χ2v) is 16.0. The highest BCUT2D eigenvalue weighted by Gasteiger charge is 2.45. The molecule has 12 heteroatoms. The van der Waals surface area contributed by atoms with Gasteiger partial charge in [-0.3, -0.25) is 14.4 Å². The number of nitrogens with one attached hydrogen (secondary N) is 2. The molecule has 3 aliphatic rings. The highest BCUT2D eigenvalue weighted by molar-refractivity contribution is 7.17. The van der Waals surface area contributed by atoms with Crippen molar-refractivity contribution in [2.45, 2.75) is 26.2 Å². The van der Waals surface area contributed by atoms with Gasteiger partial charge < -0.3 is 25.2 Å². The summed E-state index contributed by atoms with van der Waals surface area (Å²) >= 11 is 1.35.